The Morgan fingerprint density at radius 2 is 1.76 bits per heavy atom. The van der Waals surface area contributed by atoms with E-state index in [0.717, 1.165) is 22.7 Å². The van der Waals surface area contributed by atoms with Crippen LogP contribution in [-0.4, -0.2) is 39.1 Å². The number of ether oxygens (including phenoxy) is 1. The monoisotopic (exact) mass is 459 g/mol. The fraction of sp³-hybridized carbons (Fsp3) is 0.308. The number of aryl methyl sites for hydroxylation is 2. The van der Waals surface area contributed by atoms with Gasteiger partial charge in [0.15, 0.2) is 0 Å². The van der Waals surface area contributed by atoms with Crippen LogP contribution in [0.3, 0.4) is 0 Å². The number of aromatic nitrogens is 4. The second-order valence-corrected chi connectivity index (χ2v) is 8.17. The van der Waals surface area contributed by atoms with Gasteiger partial charge >= 0.3 is 0 Å². The fourth-order valence-electron chi connectivity index (χ4n) is 4.23. The number of carbonyl (C=O) groups is 1. The molecule has 4 aromatic rings. The van der Waals surface area contributed by atoms with Gasteiger partial charge in [-0.2, -0.15) is 10.2 Å². The number of hydrogen-bond acceptors (Lipinski definition) is 5. The topological polar surface area (TPSA) is 91.0 Å². The van der Waals surface area contributed by atoms with Crippen LogP contribution in [0, 0.1) is 13.8 Å². The Labute approximate surface area is 198 Å². The SMILES string of the molecule is CC[C@H](C(=O)NCCc1ccccc1OC)n1nc(C)c2nn(-c3ccccc3)c(C)c2c1=O. The molecule has 2 aromatic heterocycles. The van der Waals surface area contributed by atoms with Crippen molar-refractivity contribution >= 4 is 16.8 Å². The first-order valence-corrected chi connectivity index (χ1v) is 11.4. The molecule has 0 bridgehead atoms. The zero-order valence-corrected chi connectivity index (χ0v) is 19.9. The number of carbonyl (C=O) groups excluding carboxylic acids is 1. The smallest absolute Gasteiger partial charge is 0.278 e. The molecule has 2 aromatic carbocycles. The van der Waals surface area contributed by atoms with Crippen molar-refractivity contribution in [3.05, 3.63) is 81.9 Å². The van der Waals surface area contributed by atoms with E-state index in [1.54, 1.807) is 11.8 Å². The number of para-hydroxylation sites is 2. The molecule has 8 nitrogen and oxygen atoms in total. The quantitative estimate of drug-likeness (QED) is 0.435. The summed E-state index contributed by atoms with van der Waals surface area (Å²) in [5.74, 6) is 0.549. The van der Waals surface area contributed by atoms with E-state index in [2.05, 4.69) is 15.5 Å². The van der Waals surface area contributed by atoms with Crippen LogP contribution >= 0.6 is 0 Å². The lowest BCUT2D eigenvalue weighted by Crippen LogP contribution is -2.39. The molecule has 0 saturated carbocycles. The van der Waals surface area contributed by atoms with E-state index in [1.165, 1.54) is 4.68 Å². The van der Waals surface area contributed by atoms with Crippen LogP contribution in [-0.2, 0) is 11.2 Å². The van der Waals surface area contributed by atoms with Gasteiger partial charge in [-0.15, -0.1) is 0 Å². The second-order valence-electron chi connectivity index (χ2n) is 8.17. The molecule has 176 valence electrons. The first-order valence-electron chi connectivity index (χ1n) is 11.4. The van der Waals surface area contributed by atoms with Crippen LogP contribution in [0.25, 0.3) is 16.6 Å². The summed E-state index contributed by atoms with van der Waals surface area (Å²) in [6.45, 7) is 5.98. The van der Waals surface area contributed by atoms with Crippen molar-refractivity contribution in [2.24, 2.45) is 0 Å². The molecular formula is C26H29N5O3. The highest BCUT2D eigenvalue weighted by Gasteiger charge is 2.25. The number of amides is 1. The van der Waals surface area contributed by atoms with Crippen LogP contribution in [0.5, 0.6) is 5.75 Å². The van der Waals surface area contributed by atoms with Gasteiger partial charge in [0.05, 0.1) is 29.6 Å². The van der Waals surface area contributed by atoms with Gasteiger partial charge in [0.1, 0.15) is 17.3 Å². The number of hydrogen-bond donors (Lipinski definition) is 1. The summed E-state index contributed by atoms with van der Waals surface area (Å²) >= 11 is 0. The lowest BCUT2D eigenvalue weighted by molar-refractivity contribution is -0.124. The first-order chi connectivity index (χ1) is 16.5. The summed E-state index contributed by atoms with van der Waals surface area (Å²) < 4.78 is 8.43. The Hall–Kier alpha value is -3.94. The average molecular weight is 460 g/mol. The lowest BCUT2D eigenvalue weighted by atomic mass is 10.1. The molecule has 0 saturated heterocycles. The van der Waals surface area contributed by atoms with Crippen LogP contribution in [0.1, 0.15) is 36.3 Å². The lowest BCUT2D eigenvalue weighted by Gasteiger charge is -2.18. The van der Waals surface area contributed by atoms with Crippen molar-refractivity contribution in [2.75, 3.05) is 13.7 Å². The summed E-state index contributed by atoms with van der Waals surface area (Å²) in [5, 5.41) is 12.6. The van der Waals surface area contributed by atoms with Gasteiger partial charge < -0.3 is 10.1 Å². The minimum absolute atomic E-state index is 0.237. The van der Waals surface area contributed by atoms with Crippen LogP contribution in [0.4, 0.5) is 0 Å². The zero-order chi connectivity index (χ0) is 24.2. The molecule has 34 heavy (non-hydrogen) atoms. The van der Waals surface area contributed by atoms with Crippen molar-refractivity contribution in [1.29, 1.82) is 0 Å². The number of fused-ring (bicyclic) bond motifs is 1. The normalized spacial score (nSPS) is 12.0. The third kappa shape index (κ3) is 4.31. The summed E-state index contributed by atoms with van der Waals surface area (Å²) in [6, 6.07) is 16.6. The van der Waals surface area contributed by atoms with Crippen molar-refractivity contribution in [3.63, 3.8) is 0 Å². The summed E-state index contributed by atoms with van der Waals surface area (Å²) in [4.78, 5) is 26.5. The molecular weight excluding hydrogens is 430 g/mol. The predicted molar refractivity (Wildman–Crippen MR) is 132 cm³/mol. The zero-order valence-electron chi connectivity index (χ0n) is 19.9. The van der Waals surface area contributed by atoms with Gasteiger partial charge in [-0.1, -0.05) is 43.3 Å². The predicted octanol–water partition coefficient (Wildman–Crippen LogP) is 3.52. The van der Waals surface area contributed by atoms with Gasteiger partial charge in [-0.25, -0.2) is 9.36 Å². The van der Waals surface area contributed by atoms with Crippen molar-refractivity contribution < 1.29 is 9.53 Å². The van der Waals surface area contributed by atoms with Crippen LogP contribution < -0.4 is 15.6 Å². The molecule has 0 unspecified atom stereocenters. The molecule has 4 rings (SSSR count). The van der Waals surface area contributed by atoms with E-state index < -0.39 is 6.04 Å². The second kappa shape index (κ2) is 9.91. The van der Waals surface area contributed by atoms with E-state index in [9.17, 15) is 9.59 Å². The molecule has 2 heterocycles. The van der Waals surface area contributed by atoms with Crippen molar-refractivity contribution in [3.8, 4) is 11.4 Å². The molecule has 0 aliphatic rings. The van der Waals surface area contributed by atoms with Crippen LogP contribution in [0.2, 0.25) is 0 Å². The maximum atomic E-state index is 13.5. The maximum absolute atomic E-state index is 13.5. The van der Waals surface area contributed by atoms with Gasteiger partial charge in [0.25, 0.3) is 5.56 Å². The number of methoxy groups -OCH3 is 1. The number of rotatable bonds is 8. The van der Waals surface area contributed by atoms with Gasteiger partial charge in [0.2, 0.25) is 5.91 Å². The number of benzene rings is 2. The van der Waals surface area contributed by atoms with E-state index in [1.807, 2.05) is 75.4 Å². The largest absolute Gasteiger partial charge is 0.496 e. The summed E-state index contributed by atoms with van der Waals surface area (Å²) in [7, 11) is 1.63. The standard InChI is InChI=1S/C26H29N5O3/c1-5-21(25(32)27-16-15-19-11-9-10-14-22(19)34-4)31-26(33)23-18(3)30(20-12-7-6-8-13-20)29-24(23)17(2)28-31/h6-14,21H,5,15-16H2,1-4H3,(H,27,32)/t21-/m1/s1. The third-order valence-corrected chi connectivity index (χ3v) is 6.01. The number of nitrogens with one attached hydrogen (secondary N) is 1. The molecule has 0 radical (unpaired) electrons. The highest BCUT2D eigenvalue weighted by Crippen LogP contribution is 2.21. The Kier molecular flexibility index (Phi) is 6.77. The molecule has 0 aliphatic carbocycles. The van der Waals surface area contributed by atoms with Gasteiger partial charge in [0, 0.05) is 6.54 Å². The highest BCUT2D eigenvalue weighted by molar-refractivity contribution is 5.84. The molecule has 8 heteroatoms. The molecule has 0 aliphatic heterocycles. The van der Waals surface area contributed by atoms with Crippen molar-refractivity contribution in [1.82, 2.24) is 24.9 Å². The van der Waals surface area contributed by atoms with E-state index in [-0.39, 0.29) is 11.5 Å². The Morgan fingerprint density at radius 3 is 2.47 bits per heavy atom. The van der Waals surface area contributed by atoms with Crippen LogP contribution in [0.15, 0.2) is 59.4 Å². The van der Waals surface area contributed by atoms with Gasteiger partial charge in [-0.05, 0) is 50.5 Å². The fourth-order valence-corrected chi connectivity index (χ4v) is 4.23. The molecule has 1 N–H and O–H groups in total. The first kappa shape index (κ1) is 23.2. The summed E-state index contributed by atoms with van der Waals surface area (Å²) in [5.41, 5.74) is 3.43. The van der Waals surface area contributed by atoms with E-state index >= 15 is 0 Å². The Bertz CT molecular complexity index is 1370. The molecule has 0 fully saturated rings. The minimum Gasteiger partial charge on any atom is -0.496 e. The molecule has 0 spiro atoms. The molecule has 1 amide bonds. The minimum atomic E-state index is -0.715. The Balaban J connectivity index is 1.62. The maximum Gasteiger partial charge on any atom is 0.278 e. The highest BCUT2D eigenvalue weighted by atomic mass is 16.5. The number of nitrogens with zero attached hydrogens (tertiary/aromatic N) is 4. The van der Waals surface area contributed by atoms with Gasteiger partial charge in [-0.3, -0.25) is 9.59 Å². The van der Waals surface area contributed by atoms with Crippen molar-refractivity contribution in [2.45, 2.75) is 39.7 Å². The average Bonchev–Trinajstić information content (AvgIpc) is 3.21. The van der Waals surface area contributed by atoms with E-state index in [0.29, 0.717) is 36.0 Å². The third-order valence-electron chi connectivity index (χ3n) is 6.01. The molecule has 1 atom stereocenters. The van der Waals surface area contributed by atoms with E-state index in [4.69, 9.17) is 4.74 Å². The Morgan fingerprint density at radius 1 is 1.06 bits per heavy atom. The summed E-state index contributed by atoms with van der Waals surface area (Å²) in [6.07, 6.45) is 1.06.